The fourth-order valence-electron chi connectivity index (χ4n) is 4.14. The average Bonchev–Trinajstić information content (AvgIpc) is 3.59. The van der Waals surface area contributed by atoms with Crippen molar-refractivity contribution in [3.05, 3.63) is 78.4 Å². The number of benzene rings is 2. The van der Waals surface area contributed by atoms with Crippen LogP contribution in [0.2, 0.25) is 0 Å². The lowest BCUT2D eigenvalue weighted by atomic mass is 10.1. The maximum absolute atomic E-state index is 13.0. The van der Waals surface area contributed by atoms with E-state index in [9.17, 15) is 18.0 Å². The van der Waals surface area contributed by atoms with Crippen LogP contribution in [0.5, 0.6) is 0 Å². The van der Waals surface area contributed by atoms with Gasteiger partial charge in [-0.1, -0.05) is 36.9 Å². The molecule has 168 valence electrons. The van der Waals surface area contributed by atoms with Gasteiger partial charge in [0, 0.05) is 36.7 Å². The van der Waals surface area contributed by atoms with E-state index >= 15 is 0 Å². The highest BCUT2D eigenvalue weighted by Crippen LogP contribution is 2.40. The van der Waals surface area contributed by atoms with Crippen molar-refractivity contribution in [1.82, 2.24) is 14.9 Å². The van der Waals surface area contributed by atoms with E-state index in [-0.39, 0.29) is 35.3 Å². The van der Waals surface area contributed by atoms with Gasteiger partial charge >= 0.3 is 0 Å². The Balaban J connectivity index is 1.38. The molecular weight excluding hydrogens is 426 g/mol. The van der Waals surface area contributed by atoms with E-state index in [2.05, 4.69) is 29.3 Å². The summed E-state index contributed by atoms with van der Waals surface area (Å²) < 4.78 is 27.5. The summed E-state index contributed by atoms with van der Waals surface area (Å²) in [6.45, 7) is 4.04. The summed E-state index contributed by atoms with van der Waals surface area (Å²) in [5.41, 5.74) is 1.64. The molecule has 0 radical (unpaired) electrons. The summed E-state index contributed by atoms with van der Waals surface area (Å²) in [6.07, 6.45) is 3.46. The van der Waals surface area contributed by atoms with Gasteiger partial charge in [-0.05, 0) is 55.2 Å². The Morgan fingerprint density at radius 1 is 1.03 bits per heavy atom. The number of nitrogens with zero attached hydrogens (tertiary/aromatic N) is 1. The molecule has 1 unspecified atom stereocenters. The lowest BCUT2D eigenvalue weighted by Gasteiger charge is -2.32. The Hall–Kier alpha value is -2.97. The van der Waals surface area contributed by atoms with Crippen LogP contribution in [-0.4, -0.2) is 49.7 Å². The van der Waals surface area contributed by atoms with E-state index in [1.165, 1.54) is 28.1 Å². The predicted octanol–water partition coefficient (Wildman–Crippen LogP) is 2.43. The molecule has 4 rings (SSSR count). The fourth-order valence-corrected chi connectivity index (χ4v) is 5.66. The van der Waals surface area contributed by atoms with Crippen molar-refractivity contribution in [2.45, 2.75) is 42.2 Å². The van der Waals surface area contributed by atoms with Crippen LogP contribution in [0.4, 0.5) is 0 Å². The van der Waals surface area contributed by atoms with Crippen LogP contribution >= 0.6 is 0 Å². The van der Waals surface area contributed by atoms with Crippen molar-refractivity contribution in [3.8, 4) is 0 Å². The summed E-state index contributed by atoms with van der Waals surface area (Å²) >= 11 is 0. The molecule has 0 aromatic heterocycles. The van der Waals surface area contributed by atoms with Crippen molar-refractivity contribution in [2.24, 2.45) is 0 Å². The van der Waals surface area contributed by atoms with Gasteiger partial charge in [-0.2, -0.15) is 4.31 Å². The molecule has 0 spiro atoms. The molecule has 1 saturated carbocycles. The highest BCUT2D eigenvalue weighted by Gasteiger charge is 2.39. The normalized spacial score (nSPS) is 23.2. The molecular formula is C24H27N3O4S. The molecule has 1 saturated heterocycles. The number of amides is 2. The second kappa shape index (κ2) is 9.26. The Kier molecular flexibility index (Phi) is 6.43. The standard InChI is InChI=1S/C24H27N3O4S/c1-2-23(28)25-19-9-6-14-27(16-19)32(30,31)20-12-10-18(11-13-20)24(29)26-22-15-21(22)17-7-4-3-5-8-17/h2-5,7-8,10-13,19,21-22H,1,6,9,14-16H2,(H,25,28)(H,26,29)/t19-,21?,22+/m0/s1. The average molecular weight is 454 g/mol. The van der Waals surface area contributed by atoms with Crippen molar-refractivity contribution in [1.29, 1.82) is 0 Å². The lowest BCUT2D eigenvalue weighted by Crippen LogP contribution is -2.49. The molecule has 32 heavy (non-hydrogen) atoms. The number of sulfonamides is 1. The molecule has 2 aromatic carbocycles. The van der Waals surface area contributed by atoms with Crippen LogP contribution in [-0.2, 0) is 14.8 Å². The number of nitrogens with one attached hydrogen (secondary N) is 2. The minimum absolute atomic E-state index is 0.101. The topological polar surface area (TPSA) is 95.6 Å². The number of hydrogen-bond acceptors (Lipinski definition) is 4. The number of rotatable bonds is 7. The molecule has 1 heterocycles. The number of carbonyl (C=O) groups excluding carboxylic acids is 2. The highest BCUT2D eigenvalue weighted by molar-refractivity contribution is 7.89. The fraction of sp³-hybridized carbons (Fsp3) is 0.333. The highest BCUT2D eigenvalue weighted by atomic mass is 32.2. The van der Waals surface area contributed by atoms with Gasteiger partial charge in [0.2, 0.25) is 15.9 Å². The molecule has 2 aromatic rings. The van der Waals surface area contributed by atoms with E-state index in [4.69, 9.17) is 0 Å². The second-order valence-corrected chi connectivity index (χ2v) is 10.2. The molecule has 2 N–H and O–H groups in total. The van der Waals surface area contributed by atoms with Gasteiger partial charge in [-0.3, -0.25) is 9.59 Å². The smallest absolute Gasteiger partial charge is 0.251 e. The zero-order chi connectivity index (χ0) is 22.7. The van der Waals surface area contributed by atoms with E-state index in [0.29, 0.717) is 24.4 Å². The van der Waals surface area contributed by atoms with Gasteiger partial charge < -0.3 is 10.6 Å². The first-order chi connectivity index (χ1) is 15.4. The zero-order valence-electron chi connectivity index (χ0n) is 17.7. The zero-order valence-corrected chi connectivity index (χ0v) is 18.6. The second-order valence-electron chi connectivity index (χ2n) is 8.27. The first-order valence-corrected chi connectivity index (χ1v) is 12.2. The van der Waals surface area contributed by atoms with E-state index in [1.54, 1.807) is 12.1 Å². The number of carbonyl (C=O) groups is 2. The van der Waals surface area contributed by atoms with E-state index in [0.717, 1.165) is 12.8 Å². The SMILES string of the molecule is C=CC(=O)N[C@H]1CCCN(S(=O)(=O)c2ccc(C(=O)N[C@@H]3CC3c3ccccc3)cc2)C1. The molecule has 0 bridgehead atoms. The van der Waals surface area contributed by atoms with Crippen LogP contribution in [0.3, 0.4) is 0 Å². The largest absolute Gasteiger partial charge is 0.349 e. The van der Waals surface area contributed by atoms with Crippen LogP contribution in [0.25, 0.3) is 0 Å². The van der Waals surface area contributed by atoms with Gasteiger partial charge in [0.15, 0.2) is 0 Å². The Labute approximate surface area is 188 Å². The van der Waals surface area contributed by atoms with Gasteiger partial charge in [0.05, 0.1) is 4.90 Å². The quantitative estimate of drug-likeness (QED) is 0.630. The Morgan fingerprint density at radius 3 is 2.44 bits per heavy atom. The first-order valence-electron chi connectivity index (χ1n) is 10.8. The summed E-state index contributed by atoms with van der Waals surface area (Å²) in [5, 5.41) is 5.79. The van der Waals surface area contributed by atoms with Crippen molar-refractivity contribution in [3.63, 3.8) is 0 Å². The monoisotopic (exact) mass is 453 g/mol. The third-order valence-corrected chi connectivity index (χ3v) is 7.88. The molecule has 2 amide bonds. The Morgan fingerprint density at radius 2 is 1.75 bits per heavy atom. The van der Waals surface area contributed by atoms with Crippen molar-refractivity contribution >= 4 is 21.8 Å². The summed E-state index contributed by atoms with van der Waals surface area (Å²) in [6, 6.07) is 16.0. The van der Waals surface area contributed by atoms with Crippen LogP contribution in [0.15, 0.2) is 72.1 Å². The summed E-state index contributed by atoms with van der Waals surface area (Å²) in [7, 11) is -3.71. The predicted molar refractivity (Wildman–Crippen MR) is 122 cm³/mol. The van der Waals surface area contributed by atoms with Crippen molar-refractivity contribution in [2.75, 3.05) is 13.1 Å². The molecule has 3 atom stereocenters. The lowest BCUT2D eigenvalue weighted by molar-refractivity contribution is -0.117. The van der Waals surface area contributed by atoms with Crippen LogP contribution in [0, 0.1) is 0 Å². The summed E-state index contributed by atoms with van der Waals surface area (Å²) in [5.74, 6) is -0.189. The summed E-state index contributed by atoms with van der Waals surface area (Å²) in [4.78, 5) is 24.3. The molecule has 8 heteroatoms. The third kappa shape index (κ3) is 4.92. The van der Waals surface area contributed by atoms with Gasteiger partial charge in [-0.15, -0.1) is 0 Å². The number of piperidine rings is 1. The van der Waals surface area contributed by atoms with Crippen molar-refractivity contribution < 1.29 is 18.0 Å². The molecule has 2 aliphatic rings. The molecule has 1 aliphatic heterocycles. The van der Waals surface area contributed by atoms with Gasteiger partial charge in [0.25, 0.3) is 5.91 Å². The van der Waals surface area contributed by atoms with E-state index < -0.39 is 10.0 Å². The first kappa shape index (κ1) is 22.2. The maximum atomic E-state index is 13.0. The van der Waals surface area contributed by atoms with Crippen LogP contribution in [0.1, 0.15) is 41.1 Å². The third-order valence-electron chi connectivity index (χ3n) is 6.00. The molecule has 1 aliphatic carbocycles. The number of hydrogen-bond donors (Lipinski definition) is 2. The van der Waals surface area contributed by atoms with Gasteiger partial charge in [0.1, 0.15) is 0 Å². The van der Waals surface area contributed by atoms with Gasteiger partial charge in [-0.25, -0.2) is 8.42 Å². The maximum Gasteiger partial charge on any atom is 0.251 e. The van der Waals surface area contributed by atoms with Crippen LogP contribution < -0.4 is 10.6 Å². The molecule has 2 fully saturated rings. The minimum atomic E-state index is -3.71. The minimum Gasteiger partial charge on any atom is -0.349 e. The Bertz CT molecular complexity index is 1100. The molecule has 7 nitrogen and oxygen atoms in total. The van der Waals surface area contributed by atoms with E-state index in [1.807, 2.05) is 18.2 Å².